The Morgan fingerprint density at radius 2 is 1.84 bits per heavy atom. The minimum Gasteiger partial charge on any atom is -0.282 e. The van der Waals surface area contributed by atoms with E-state index in [1.54, 1.807) is 13.0 Å². The Hall–Kier alpha value is -0.354. The molecule has 94 valence electrons. The van der Waals surface area contributed by atoms with Crippen molar-refractivity contribution in [3.05, 3.63) is 46.0 Å². The molecule has 0 atom stereocenters. The van der Waals surface area contributed by atoms with Gasteiger partial charge in [0.1, 0.15) is 4.90 Å². The molecule has 0 aliphatic carbocycles. The van der Waals surface area contributed by atoms with Gasteiger partial charge in [-0.25, -0.2) is 0 Å². The van der Waals surface area contributed by atoms with Crippen molar-refractivity contribution in [1.29, 1.82) is 0 Å². The number of nitro benzene ring substituents is 1. The first-order chi connectivity index (χ1) is 8.32. The molecule has 8 heteroatoms. The minimum absolute atomic E-state index is 0. The zero-order valence-electron chi connectivity index (χ0n) is 10.3. The molecule has 0 spiro atoms. The summed E-state index contributed by atoms with van der Waals surface area (Å²) in [6, 6.07) is 6.92. The number of nitro groups is 1. The number of rotatable bonds is 2. The van der Waals surface area contributed by atoms with E-state index in [4.69, 9.17) is 4.55 Å². The molecule has 6 nitrogen and oxygen atoms in total. The largest absolute Gasteiger partial charge is 1.00 e. The topological polar surface area (TPSA) is 97.5 Å². The Bertz CT molecular complexity index is 757. The summed E-state index contributed by atoms with van der Waals surface area (Å²) in [6.45, 7) is 1.71. The van der Waals surface area contributed by atoms with E-state index in [1.165, 1.54) is 24.3 Å². The molecule has 0 aliphatic rings. The molecule has 0 aromatic heterocycles. The summed E-state index contributed by atoms with van der Waals surface area (Å²) in [7, 11) is -4.51. The molecule has 19 heavy (non-hydrogen) atoms. The predicted molar refractivity (Wildman–Crippen MR) is 65.2 cm³/mol. The predicted octanol–water partition coefficient (Wildman–Crippen LogP) is -0.693. The van der Waals surface area contributed by atoms with Crippen LogP contribution < -0.4 is 51.4 Å². The number of aryl methyl sites for hydroxylation is 1. The molecule has 0 bridgehead atoms. The summed E-state index contributed by atoms with van der Waals surface area (Å²) in [5.74, 6) is 0. The van der Waals surface area contributed by atoms with Crippen molar-refractivity contribution in [2.75, 3.05) is 0 Å². The molecule has 0 unspecified atom stereocenters. The average molecular weight is 306 g/mol. The Morgan fingerprint density at radius 1 is 1.21 bits per heavy atom. The average Bonchev–Trinajstić information content (AvgIpc) is 2.27. The molecular weight excluding hydrogens is 297 g/mol. The molecule has 1 N–H and O–H groups in total. The third kappa shape index (κ3) is 3.22. The zero-order valence-corrected chi connectivity index (χ0v) is 14.3. The maximum atomic E-state index is 11.3. The van der Waals surface area contributed by atoms with Gasteiger partial charge in [-0.05, 0) is 23.9 Å². The van der Waals surface area contributed by atoms with Gasteiger partial charge in [-0.1, -0.05) is 18.2 Å². The van der Waals surface area contributed by atoms with Gasteiger partial charge >= 0.3 is 51.4 Å². The van der Waals surface area contributed by atoms with Gasteiger partial charge in [0.2, 0.25) is 0 Å². The van der Waals surface area contributed by atoms with Gasteiger partial charge in [-0.2, -0.15) is 8.42 Å². The second-order valence-electron chi connectivity index (χ2n) is 3.81. The second-order valence-corrected chi connectivity index (χ2v) is 5.20. The van der Waals surface area contributed by atoms with E-state index in [9.17, 15) is 18.5 Å². The summed E-state index contributed by atoms with van der Waals surface area (Å²) >= 11 is 0. The number of hydrogen-bond donors (Lipinski definition) is 1. The van der Waals surface area contributed by atoms with Crippen LogP contribution in [0.5, 0.6) is 0 Å². The third-order valence-electron chi connectivity index (χ3n) is 2.67. The van der Waals surface area contributed by atoms with E-state index in [0.717, 1.165) is 0 Å². The van der Waals surface area contributed by atoms with E-state index in [-0.39, 0.29) is 62.5 Å². The van der Waals surface area contributed by atoms with Gasteiger partial charge in [-0.3, -0.25) is 14.7 Å². The van der Waals surface area contributed by atoms with E-state index >= 15 is 0 Å². The van der Waals surface area contributed by atoms with Crippen LogP contribution in [-0.4, -0.2) is 17.9 Å². The van der Waals surface area contributed by atoms with Crippen LogP contribution in [0.1, 0.15) is 5.56 Å². The molecular formula is C11H9KNO5S+. The smallest absolute Gasteiger partial charge is 0.282 e. The normalized spacial score (nSPS) is 11.1. The molecule has 0 saturated carbocycles. The number of non-ortho nitro benzene ring substituents is 1. The van der Waals surface area contributed by atoms with E-state index in [2.05, 4.69) is 0 Å². The van der Waals surface area contributed by atoms with Crippen molar-refractivity contribution < 1.29 is 69.3 Å². The minimum atomic E-state index is -4.51. The fourth-order valence-corrected chi connectivity index (χ4v) is 2.58. The van der Waals surface area contributed by atoms with Crippen LogP contribution in [0, 0.1) is 17.0 Å². The monoisotopic (exact) mass is 306 g/mol. The van der Waals surface area contributed by atoms with E-state index in [1.807, 2.05) is 0 Å². The summed E-state index contributed by atoms with van der Waals surface area (Å²) in [5.41, 5.74) is 0.352. The molecule has 0 aliphatic heterocycles. The van der Waals surface area contributed by atoms with Gasteiger partial charge in [0.25, 0.3) is 15.8 Å². The zero-order chi connectivity index (χ0) is 13.5. The number of benzene rings is 2. The summed E-state index contributed by atoms with van der Waals surface area (Å²) in [4.78, 5) is 9.82. The van der Waals surface area contributed by atoms with Crippen LogP contribution in [-0.2, 0) is 10.1 Å². The van der Waals surface area contributed by atoms with Crippen LogP contribution in [0.2, 0.25) is 0 Å². The fraction of sp³-hybridized carbons (Fsp3) is 0.0909. The molecule has 0 fully saturated rings. The number of nitrogens with zero attached hydrogens (tertiary/aromatic N) is 1. The van der Waals surface area contributed by atoms with Crippen molar-refractivity contribution in [1.82, 2.24) is 0 Å². The van der Waals surface area contributed by atoms with E-state index < -0.39 is 19.9 Å². The van der Waals surface area contributed by atoms with Gasteiger partial charge in [-0.15, -0.1) is 0 Å². The van der Waals surface area contributed by atoms with Crippen LogP contribution in [0.4, 0.5) is 5.69 Å². The summed E-state index contributed by atoms with van der Waals surface area (Å²) in [6.07, 6.45) is 0. The van der Waals surface area contributed by atoms with Crippen LogP contribution in [0.25, 0.3) is 10.8 Å². The van der Waals surface area contributed by atoms with Crippen LogP contribution in [0.3, 0.4) is 0 Å². The fourth-order valence-electron chi connectivity index (χ4n) is 1.87. The van der Waals surface area contributed by atoms with Crippen LogP contribution in [0.15, 0.2) is 35.2 Å². The molecule has 2 rings (SSSR count). The number of hydrogen-bond acceptors (Lipinski definition) is 4. The van der Waals surface area contributed by atoms with Gasteiger partial charge < -0.3 is 0 Å². The first kappa shape index (κ1) is 16.7. The molecule has 0 amide bonds. The quantitative estimate of drug-likeness (QED) is 0.343. The van der Waals surface area contributed by atoms with Crippen molar-refractivity contribution in [3.63, 3.8) is 0 Å². The SMILES string of the molecule is Cc1ccc(S(=O)(=O)O)c2c([N+](=O)[O-])cccc12.[K+]. The van der Waals surface area contributed by atoms with Gasteiger partial charge in [0, 0.05) is 6.07 Å². The van der Waals surface area contributed by atoms with Gasteiger partial charge in [0.15, 0.2) is 0 Å². The van der Waals surface area contributed by atoms with Crippen molar-refractivity contribution in [2.45, 2.75) is 11.8 Å². The second kappa shape index (κ2) is 5.96. The Morgan fingerprint density at radius 3 is 2.37 bits per heavy atom. The Kier molecular flexibility index (Phi) is 5.24. The molecule has 0 radical (unpaired) electrons. The maximum Gasteiger partial charge on any atom is 1.00 e. The maximum absolute atomic E-state index is 11.3. The molecule has 0 heterocycles. The van der Waals surface area contributed by atoms with E-state index in [0.29, 0.717) is 10.9 Å². The molecule has 2 aromatic carbocycles. The summed E-state index contributed by atoms with van der Waals surface area (Å²) < 4.78 is 31.7. The van der Waals surface area contributed by atoms with Crippen LogP contribution >= 0.6 is 0 Å². The van der Waals surface area contributed by atoms with Crippen molar-refractivity contribution >= 4 is 26.6 Å². The molecule has 0 saturated heterocycles. The summed E-state index contributed by atoms with van der Waals surface area (Å²) in [5, 5.41) is 11.3. The van der Waals surface area contributed by atoms with Gasteiger partial charge in [0.05, 0.1) is 10.3 Å². The standard InChI is InChI=1S/C11H9NO5S.K/c1-7-5-6-10(18(15,16)17)11-8(7)3-2-4-9(11)12(13)14;/h2-6H,1H3,(H,15,16,17);/q;+1. The molecule has 2 aromatic rings. The first-order valence-electron chi connectivity index (χ1n) is 4.96. The van der Waals surface area contributed by atoms with Crippen molar-refractivity contribution in [2.24, 2.45) is 0 Å². The number of fused-ring (bicyclic) bond motifs is 1. The van der Waals surface area contributed by atoms with Crippen molar-refractivity contribution in [3.8, 4) is 0 Å². The Balaban J connectivity index is 0.00000180. The Labute approximate surface area is 152 Å². The first-order valence-corrected chi connectivity index (χ1v) is 6.40. The third-order valence-corrected chi connectivity index (χ3v) is 3.57.